The molecule has 0 radical (unpaired) electrons. The summed E-state index contributed by atoms with van der Waals surface area (Å²) in [5, 5.41) is 8.75. The lowest BCUT2D eigenvalue weighted by molar-refractivity contribution is -0.187. The number of halogens is 3. The summed E-state index contributed by atoms with van der Waals surface area (Å²) >= 11 is 0. The molecule has 0 aliphatic rings. The van der Waals surface area contributed by atoms with E-state index in [0.29, 0.717) is 0 Å². The number of nitrogens with two attached hydrogens (primary N) is 1. The molecule has 14 heavy (non-hydrogen) atoms. The summed E-state index contributed by atoms with van der Waals surface area (Å²) in [5.41, 5.74) is 5.12. The molecule has 0 saturated heterocycles. The van der Waals surface area contributed by atoms with Crippen molar-refractivity contribution in [2.24, 2.45) is 5.73 Å². The first-order valence-corrected chi connectivity index (χ1v) is 4.44. The molecule has 0 saturated carbocycles. The maximum Gasteiger partial charge on any atom is 0.404 e. The van der Waals surface area contributed by atoms with Gasteiger partial charge in [-0.3, -0.25) is 4.90 Å². The largest absolute Gasteiger partial charge is 0.404 e. The molecule has 6 heteroatoms. The van der Waals surface area contributed by atoms with Gasteiger partial charge in [-0.05, 0) is 26.9 Å². The Kier molecular flexibility index (Phi) is 5.40. The number of hydrogen-bond donors (Lipinski definition) is 2. The molecule has 3 nitrogen and oxygen atoms in total. The molecular weight excluding hydrogens is 197 g/mol. The molecule has 0 spiro atoms. The molecule has 0 aromatic rings. The Morgan fingerprint density at radius 3 is 2.21 bits per heavy atom. The van der Waals surface area contributed by atoms with E-state index in [9.17, 15) is 13.2 Å². The van der Waals surface area contributed by atoms with Crippen molar-refractivity contribution < 1.29 is 18.3 Å². The van der Waals surface area contributed by atoms with Crippen molar-refractivity contribution in [1.29, 1.82) is 0 Å². The van der Waals surface area contributed by atoms with Crippen LogP contribution in [0.5, 0.6) is 0 Å². The molecule has 3 N–H and O–H groups in total. The van der Waals surface area contributed by atoms with Gasteiger partial charge in [0.15, 0.2) is 0 Å². The highest BCUT2D eigenvalue weighted by atomic mass is 19.4. The molecule has 0 rings (SSSR count). The van der Waals surface area contributed by atoms with E-state index in [2.05, 4.69) is 0 Å². The first-order chi connectivity index (χ1) is 6.34. The summed E-state index contributed by atoms with van der Waals surface area (Å²) in [7, 11) is 1.34. The van der Waals surface area contributed by atoms with Gasteiger partial charge in [0, 0.05) is 6.04 Å². The van der Waals surface area contributed by atoms with Gasteiger partial charge in [-0.25, -0.2) is 0 Å². The summed E-state index contributed by atoms with van der Waals surface area (Å²) in [6, 6.07) is -2.09. The fourth-order valence-electron chi connectivity index (χ4n) is 1.19. The van der Waals surface area contributed by atoms with E-state index in [-0.39, 0.29) is 19.6 Å². The first-order valence-electron chi connectivity index (χ1n) is 4.44. The van der Waals surface area contributed by atoms with E-state index in [4.69, 9.17) is 10.8 Å². The molecule has 0 aliphatic carbocycles. The van der Waals surface area contributed by atoms with E-state index < -0.39 is 18.3 Å². The molecule has 0 aromatic heterocycles. The summed E-state index contributed by atoms with van der Waals surface area (Å²) in [6.45, 7) is 1.22. The molecule has 0 aromatic carbocycles. The van der Waals surface area contributed by atoms with E-state index in [1.807, 2.05) is 0 Å². The molecule has 86 valence electrons. The molecule has 2 unspecified atom stereocenters. The molecule has 0 aliphatic heterocycles. The van der Waals surface area contributed by atoms with Crippen LogP contribution in [0.25, 0.3) is 0 Å². The third-order valence-corrected chi connectivity index (χ3v) is 2.27. The van der Waals surface area contributed by atoms with E-state index in [1.54, 1.807) is 0 Å². The van der Waals surface area contributed by atoms with Crippen LogP contribution in [-0.2, 0) is 0 Å². The maximum absolute atomic E-state index is 12.5. The second kappa shape index (κ2) is 5.53. The fraction of sp³-hybridized carbons (Fsp3) is 1.00. The number of rotatable bonds is 5. The van der Waals surface area contributed by atoms with Crippen LogP contribution < -0.4 is 5.73 Å². The van der Waals surface area contributed by atoms with Crippen LogP contribution in [-0.4, -0.2) is 48.5 Å². The van der Waals surface area contributed by atoms with Crippen molar-refractivity contribution >= 4 is 0 Å². The normalized spacial score (nSPS) is 17.1. The Bertz CT molecular complexity index is 163. The van der Waals surface area contributed by atoms with Crippen LogP contribution in [0.15, 0.2) is 0 Å². The van der Waals surface area contributed by atoms with Gasteiger partial charge in [-0.2, -0.15) is 13.2 Å². The maximum atomic E-state index is 12.5. The van der Waals surface area contributed by atoms with Gasteiger partial charge in [0.2, 0.25) is 0 Å². The van der Waals surface area contributed by atoms with Crippen molar-refractivity contribution in [3.05, 3.63) is 0 Å². The highest BCUT2D eigenvalue weighted by molar-refractivity contribution is 4.80. The minimum absolute atomic E-state index is 0.0212. The minimum atomic E-state index is -4.29. The Hall–Kier alpha value is -0.330. The van der Waals surface area contributed by atoms with Crippen molar-refractivity contribution in [1.82, 2.24) is 4.90 Å². The monoisotopic (exact) mass is 214 g/mol. The van der Waals surface area contributed by atoms with Crippen LogP contribution in [0, 0.1) is 0 Å². The predicted octanol–water partition coefficient (Wildman–Crippen LogP) is 0.579. The van der Waals surface area contributed by atoms with Crippen LogP contribution in [0.4, 0.5) is 13.2 Å². The molecule has 0 amide bonds. The molecule has 0 bridgehead atoms. The molecular formula is C8H17F3N2O. The average molecular weight is 214 g/mol. The van der Waals surface area contributed by atoms with Gasteiger partial charge in [-0.15, -0.1) is 0 Å². The average Bonchev–Trinajstić information content (AvgIpc) is 2.09. The fourth-order valence-corrected chi connectivity index (χ4v) is 1.19. The summed E-state index contributed by atoms with van der Waals surface area (Å²) < 4.78 is 37.4. The van der Waals surface area contributed by atoms with Gasteiger partial charge < -0.3 is 10.8 Å². The topological polar surface area (TPSA) is 49.5 Å². The highest BCUT2D eigenvalue weighted by Crippen LogP contribution is 2.27. The van der Waals surface area contributed by atoms with Gasteiger partial charge in [-0.1, -0.05) is 0 Å². The predicted molar refractivity (Wildman–Crippen MR) is 47.8 cm³/mol. The van der Waals surface area contributed by atoms with Crippen LogP contribution in [0.1, 0.15) is 13.3 Å². The molecule has 0 heterocycles. The minimum Gasteiger partial charge on any atom is -0.395 e. The number of alkyl halides is 3. The summed E-state index contributed by atoms with van der Waals surface area (Å²) in [4.78, 5) is 1.10. The number of nitrogens with zero attached hydrogens (tertiary/aromatic N) is 1. The summed E-state index contributed by atoms with van der Waals surface area (Å²) in [6.07, 6.45) is -4.44. The van der Waals surface area contributed by atoms with Crippen LogP contribution in [0.2, 0.25) is 0 Å². The zero-order valence-electron chi connectivity index (χ0n) is 8.38. The van der Waals surface area contributed by atoms with E-state index in [1.165, 1.54) is 14.0 Å². The first kappa shape index (κ1) is 13.7. The Labute approximate surface area is 81.7 Å². The number of hydrogen-bond acceptors (Lipinski definition) is 3. The van der Waals surface area contributed by atoms with Crippen molar-refractivity contribution in [3.8, 4) is 0 Å². The Balaban J connectivity index is 4.48. The van der Waals surface area contributed by atoms with Gasteiger partial charge in [0.05, 0.1) is 6.61 Å². The van der Waals surface area contributed by atoms with Crippen molar-refractivity contribution in [2.45, 2.75) is 31.6 Å². The standard InChI is InChI=1S/C8H17F3N2O/c1-6(5-14)13(2)7(3-4-12)8(9,10)11/h6-7,14H,3-5,12H2,1-2H3. The lowest BCUT2D eigenvalue weighted by Crippen LogP contribution is -2.49. The van der Waals surface area contributed by atoms with E-state index in [0.717, 1.165) is 4.90 Å². The quantitative estimate of drug-likeness (QED) is 0.703. The zero-order valence-corrected chi connectivity index (χ0v) is 8.38. The second-order valence-corrected chi connectivity index (χ2v) is 3.33. The molecule has 2 atom stereocenters. The zero-order chi connectivity index (χ0) is 11.4. The lowest BCUT2D eigenvalue weighted by Gasteiger charge is -2.33. The number of likely N-dealkylation sites (N-methyl/N-ethyl adjacent to an activating group) is 1. The third-order valence-electron chi connectivity index (χ3n) is 2.27. The SMILES string of the molecule is CC(CO)N(C)C(CCN)C(F)(F)F. The number of aliphatic hydroxyl groups is 1. The lowest BCUT2D eigenvalue weighted by atomic mass is 10.1. The third kappa shape index (κ3) is 3.81. The van der Waals surface area contributed by atoms with E-state index >= 15 is 0 Å². The Morgan fingerprint density at radius 2 is 1.93 bits per heavy atom. The van der Waals surface area contributed by atoms with Gasteiger partial charge in [0.1, 0.15) is 6.04 Å². The van der Waals surface area contributed by atoms with Crippen LogP contribution in [0.3, 0.4) is 0 Å². The highest BCUT2D eigenvalue weighted by Gasteiger charge is 2.42. The molecule has 0 fully saturated rings. The second-order valence-electron chi connectivity index (χ2n) is 3.33. The number of aliphatic hydroxyl groups excluding tert-OH is 1. The summed E-state index contributed by atoms with van der Waals surface area (Å²) in [5.74, 6) is 0. The van der Waals surface area contributed by atoms with Crippen LogP contribution >= 0.6 is 0 Å². The van der Waals surface area contributed by atoms with Crippen molar-refractivity contribution in [2.75, 3.05) is 20.2 Å². The van der Waals surface area contributed by atoms with Crippen molar-refractivity contribution in [3.63, 3.8) is 0 Å². The Morgan fingerprint density at radius 1 is 1.43 bits per heavy atom. The van der Waals surface area contributed by atoms with Gasteiger partial charge in [0.25, 0.3) is 0 Å². The smallest absolute Gasteiger partial charge is 0.395 e. The van der Waals surface area contributed by atoms with Gasteiger partial charge >= 0.3 is 6.18 Å².